The average molecular weight is 172 g/mol. The maximum Gasteiger partial charge on any atom is 0.345 e. The molecule has 0 radical (unpaired) electrons. The summed E-state index contributed by atoms with van der Waals surface area (Å²) in [6, 6.07) is 0.229. The number of aliphatic hydroxyl groups excluding tert-OH is 1. The van der Waals surface area contributed by atoms with Gasteiger partial charge < -0.3 is 5.11 Å². The number of aliphatic hydroxyl groups is 1. The molecule has 0 unspecified atom stereocenters. The largest absolute Gasteiger partial charge is 0.393 e. The lowest BCUT2D eigenvalue weighted by molar-refractivity contribution is -0.471. The number of nitrogens with zero attached hydrogens (tertiary/aromatic N) is 2. The first-order valence-corrected chi connectivity index (χ1v) is 4.34. The summed E-state index contributed by atoms with van der Waals surface area (Å²) in [6.45, 7) is 1.17. The van der Waals surface area contributed by atoms with Gasteiger partial charge in [-0.05, 0) is 12.8 Å². The summed E-state index contributed by atoms with van der Waals surface area (Å²) in [5.41, 5.74) is 5.85. The summed E-state index contributed by atoms with van der Waals surface area (Å²) < 4.78 is 1.88. The van der Waals surface area contributed by atoms with Crippen LogP contribution < -0.4 is 5.73 Å². The van der Waals surface area contributed by atoms with Gasteiger partial charge in [-0.1, -0.05) is 0 Å². The van der Waals surface area contributed by atoms with Gasteiger partial charge in [0.05, 0.1) is 27.2 Å². The average Bonchev–Trinajstić information content (AvgIpc) is 2.49. The smallest absolute Gasteiger partial charge is 0.345 e. The van der Waals surface area contributed by atoms with Gasteiger partial charge in [-0.25, -0.2) is 0 Å². The van der Waals surface area contributed by atoms with E-state index in [-0.39, 0.29) is 12.6 Å². The van der Waals surface area contributed by atoms with Crippen LogP contribution in [0.5, 0.6) is 0 Å². The van der Waals surface area contributed by atoms with Gasteiger partial charge in [-0.2, -0.15) is 0 Å². The molecule has 1 fully saturated rings. The molecule has 0 aromatic rings. The second-order valence-corrected chi connectivity index (χ2v) is 3.42. The van der Waals surface area contributed by atoms with Crippen molar-refractivity contribution in [2.75, 3.05) is 27.2 Å². The van der Waals surface area contributed by atoms with Crippen molar-refractivity contribution in [3.05, 3.63) is 0 Å². The summed E-state index contributed by atoms with van der Waals surface area (Å²) >= 11 is 0. The number of rotatable bonds is 1. The van der Waals surface area contributed by atoms with Crippen LogP contribution in [0, 0.1) is 0 Å². The molecular weight excluding hydrogens is 154 g/mol. The van der Waals surface area contributed by atoms with Gasteiger partial charge in [0.15, 0.2) is 0 Å². The number of likely N-dealkylation sites (tertiary alicyclic amines) is 1. The molecule has 1 atom stereocenters. The third kappa shape index (κ3) is 1.69. The summed E-state index contributed by atoms with van der Waals surface area (Å²) in [5, 5.41) is 9.04. The first kappa shape index (κ1) is 9.32. The van der Waals surface area contributed by atoms with Crippen LogP contribution in [0.15, 0.2) is 0 Å². The molecule has 0 saturated carbocycles. The van der Waals surface area contributed by atoms with Crippen molar-refractivity contribution in [1.29, 1.82) is 0 Å². The SMILES string of the molecule is C[N+](C)=C(N)N1CCC[C@H]1CO. The van der Waals surface area contributed by atoms with Crippen LogP contribution in [-0.2, 0) is 0 Å². The van der Waals surface area contributed by atoms with Gasteiger partial charge in [0.1, 0.15) is 6.04 Å². The number of hydrogen-bond donors (Lipinski definition) is 2. The highest BCUT2D eigenvalue weighted by molar-refractivity contribution is 5.73. The lowest BCUT2D eigenvalue weighted by atomic mass is 10.2. The molecule has 1 heterocycles. The monoisotopic (exact) mass is 172 g/mol. The van der Waals surface area contributed by atoms with E-state index in [4.69, 9.17) is 10.8 Å². The van der Waals surface area contributed by atoms with Crippen molar-refractivity contribution in [3.63, 3.8) is 0 Å². The number of hydrogen-bond acceptors (Lipinski definition) is 1. The molecule has 0 amide bonds. The van der Waals surface area contributed by atoms with Crippen molar-refractivity contribution < 1.29 is 9.68 Å². The molecule has 0 aromatic heterocycles. The van der Waals surface area contributed by atoms with Crippen molar-refractivity contribution in [2.45, 2.75) is 18.9 Å². The molecule has 12 heavy (non-hydrogen) atoms. The molecule has 0 spiro atoms. The van der Waals surface area contributed by atoms with E-state index >= 15 is 0 Å². The Morgan fingerprint density at radius 2 is 2.33 bits per heavy atom. The fourth-order valence-electron chi connectivity index (χ4n) is 1.58. The molecule has 1 aliphatic heterocycles. The highest BCUT2D eigenvalue weighted by atomic mass is 16.3. The van der Waals surface area contributed by atoms with Gasteiger partial charge in [0, 0.05) is 0 Å². The summed E-state index contributed by atoms with van der Waals surface area (Å²) in [6.07, 6.45) is 2.17. The van der Waals surface area contributed by atoms with Crippen LogP contribution in [0.25, 0.3) is 0 Å². The number of nitrogens with two attached hydrogens (primary N) is 1. The van der Waals surface area contributed by atoms with E-state index in [1.165, 1.54) is 0 Å². The fraction of sp³-hybridized carbons (Fsp3) is 0.875. The van der Waals surface area contributed by atoms with Crippen molar-refractivity contribution in [1.82, 2.24) is 4.90 Å². The zero-order valence-corrected chi connectivity index (χ0v) is 7.82. The Morgan fingerprint density at radius 1 is 1.67 bits per heavy atom. The van der Waals surface area contributed by atoms with Crippen molar-refractivity contribution in [3.8, 4) is 0 Å². The Bertz CT molecular complexity index is 187. The lowest BCUT2D eigenvalue weighted by Gasteiger charge is -2.18. The lowest BCUT2D eigenvalue weighted by Crippen LogP contribution is -2.46. The molecule has 1 saturated heterocycles. The Hall–Kier alpha value is -0.770. The second-order valence-electron chi connectivity index (χ2n) is 3.42. The van der Waals surface area contributed by atoms with Crippen LogP contribution in [0.3, 0.4) is 0 Å². The zero-order chi connectivity index (χ0) is 9.14. The third-order valence-electron chi connectivity index (χ3n) is 2.34. The Morgan fingerprint density at radius 3 is 2.83 bits per heavy atom. The van der Waals surface area contributed by atoms with Gasteiger partial charge in [0.25, 0.3) is 0 Å². The maximum atomic E-state index is 9.04. The standard InChI is InChI=1S/C8H17N3O/c1-10(2)8(9)11-5-3-4-7(11)6-12/h7,9,12H,3-6H2,1-2H3/p+1/t7-/m0/s1. The van der Waals surface area contributed by atoms with Crippen LogP contribution >= 0.6 is 0 Å². The molecular formula is C8H18N3O+. The molecule has 4 heteroatoms. The molecule has 70 valence electrons. The van der Waals surface area contributed by atoms with E-state index < -0.39 is 0 Å². The van der Waals surface area contributed by atoms with Gasteiger partial charge >= 0.3 is 5.96 Å². The minimum atomic E-state index is 0.203. The topological polar surface area (TPSA) is 52.5 Å². The van der Waals surface area contributed by atoms with Crippen LogP contribution in [0.4, 0.5) is 0 Å². The first-order valence-electron chi connectivity index (χ1n) is 4.34. The van der Waals surface area contributed by atoms with Gasteiger partial charge in [0.2, 0.25) is 0 Å². The zero-order valence-electron chi connectivity index (χ0n) is 7.82. The predicted octanol–water partition coefficient (Wildman–Crippen LogP) is -0.970. The van der Waals surface area contributed by atoms with E-state index in [0.29, 0.717) is 0 Å². The molecule has 1 rings (SSSR count). The Kier molecular flexibility index (Phi) is 2.92. The first-order chi connectivity index (χ1) is 5.66. The summed E-state index contributed by atoms with van der Waals surface area (Å²) in [7, 11) is 3.84. The van der Waals surface area contributed by atoms with Gasteiger partial charge in [-0.15, -0.1) is 0 Å². The molecule has 4 nitrogen and oxygen atoms in total. The van der Waals surface area contributed by atoms with Crippen LogP contribution in [0.1, 0.15) is 12.8 Å². The molecule has 0 bridgehead atoms. The molecule has 0 aliphatic carbocycles. The summed E-state index contributed by atoms with van der Waals surface area (Å²) in [4.78, 5) is 2.07. The normalized spacial score (nSPS) is 22.9. The van der Waals surface area contributed by atoms with E-state index in [1.807, 2.05) is 18.7 Å². The van der Waals surface area contributed by atoms with Crippen LogP contribution in [0.2, 0.25) is 0 Å². The van der Waals surface area contributed by atoms with Crippen molar-refractivity contribution >= 4 is 5.96 Å². The minimum Gasteiger partial charge on any atom is -0.393 e. The molecule has 0 aromatic carbocycles. The highest BCUT2D eigenvalue weighted by Crippen LogP contribution is 2.15. The molecule has 1 aliphatic rings. The van der Waals surface area contributed by atoms with E-state index in [0.717, 1.165) is 25.3 Å². The number of guanidine groups is 1. The van der Waals surface area contributed by atoms with Gasteiger partial charge in [-0.3, -0.25) is 15.2 Å². The Balaban J connectivity index is 2.68. The van der Waals surface area contributed by atoms with Crippen LogP contribution in [-0.4, -0.2) is 53.8 Å². The van der Waals surface area contributed by atoms with Crippen molar-refractivity contribution in [2.24, 2.45) is 5.73 Å². The Labute approximate surface area is 73.3 Å². The maximum absolute atomic E-state index is 9.04. The fourth-order valence-corrected chi connectivity index (χ4v) is 1.58. The predicted molar refractivity (Wildman–Crippen MR) is 48.1 cm³/mol. The van der Waals surface area contributed by atoms with E-state index in [1.54, 1.807) is 0 Å². The van der Waals surface area contributed by atoms with E-state index in [9.17, 15) is 0 Å². The second kappa shape index (κ2) is 3.76. The molecule has 3 N–H and O–H groups in total. The van der Waals surface area contributed by atoms with E-state index in [2.05, 4.69) is 4.90 Å². The minimum absolute atomic E-state index is 0.203. The third-order valence-corrected chi connectivity index (χ3v) is 2.34. The highest BCUT2D eigenvalue weighted by Gasteiger charge is 2.30. The summed E-state index contributed by atoms with van der Waals surface area (Å²) in [5.74, 6) is 0.756. The quantitative estimate of drug-likeness (QED) is 0.304.